The van der Waals surface area contributed by atoms with Crippen molar-refractivity contribution in [2.75, 3.05) is 6.54 Å². The minimum atomic E-state index is -1.07. The van der Waals surface area contributed by atoms with Crippen molar-refractivity contribution in [3.05, 3.63) is 48.6 Å². The van der Waals surface area contributed by atoms with Gasteiger partial charge >= 0.3 is 5.97 Å². The number of allylic oxidation sites excluding steroid dienone is 1. The number of aliphatic carboxylic acids is 1. The molecule has 4 nitrogen and oxygen atoms in total. The highest BCUT2D eigenvalue weighted by Crippen LogP contribution is 2.32. The minimum absolute atomic E-state index is 0.0858. The summed E-state index contributed by atoms with van der Waals surface area (Å²) in [6.45, 7) is 5.95. The molecular weight excluding hydrogens is 266 g/mol. The Morgan fingerprint density at radius 3 is 2.67 bits per heavy atom. The summed E-state index contributed by atoms with van der Waals surface area (Å²) in [5, 5.41) is 9.39. The lowest BCUT2D eigenvalue weighted by atomic mass is 9.93. The summed E-state index contributed by atoms with van der Waals surface area (Å²) in [5.74, 6) is -1.13. The lowest BCUT2D eigenvalue weighted by Gasteiger charge is -2.32. The van der Waals surface area contributed by atoms with Crippen LogP contribution in [0, 0.1) is 0 Å². The first kappa shape index (κ1) is 15.3. The van der Waals surface area contributed by atoms with E-state index in [2.05, 4.69) is 6.58 Å². The van der Waals surface area contributed by atoms with E-state index in [1.807, 2.05) is 30.3 Å². The fourth-order valence-corrected chi connectivity index (χ4v) is 2.92. The number of rotatable bonds is 5. The van der Waals surface area contributed by atoms with Crippen molar-refractivity contribution in [2.24, 2.45) is 0 Å². The van der Waals surface area contributed by atoms with Crippen LogP contribution in [0.2, 0.25) is 0 Å². The number of carboxylic acids is 1. The minimum Gasteiger partial charge on any atom is -0.480 e. The molecule has 0 saturated carbocycles. The van der Waals surface area contributed by atoms with E-state index >= 15 is 0 Å². The molecule has 21 heavy (non-hydrogen) atoms. The normalized spacial score (nSPS) is 22.8. The van der Waals surface area contributed by atoms with E-state index in [1.54, 1.807) is 13.0 Å². The monoisotopic (exact) mass is 287 g/mol. The van der Waals surface area contributed by atoms with Crippen LogP contribution in [0.4, 0.5) is 0 Å². The Balaban J connectivity index is 2.13. The summed E-state index contributed by atoms with van der Waals surface area (Å²) in [6, 6.07) is 9.69. The number of amides is 1. The molecule has 1 N–H and O–H groups in total. The van der Waals surface area contributed by atoms with Crippen LogP contribution in [0.15, 0.2) is 43.0 Å². The fourth-order valence-electron chi connectivity index (χ4n) is 2.92. The molecule has 2 atom stereocenters. The molecular formula is C17H21NO3. The summed E-state index contributed by atoms with van der Waals surface area (Å²) >= 11 is 0. The summed E-state index contributed by atoms with van der Waals surface area (Å²) in [7, 11) is 0. The van der Waals surface area contributed by atoms with Gasteiger partial charge in [-0.3, -0.25) is 4.79 Å². The third-order valence-corrected chi connectivity index (χ3v) is 4.31. The maximum atomic E-state index is 12.5. The molecule has 0 bridgehead atoms. The molecule has 1 saturated heterocycles. The number of hydrogen-bond acceptors (Lipinski definition) is 2. The van der Waals surface area contributed by atoms with Crippen LogP contribution in [0.25, 0.3) is 0 Å². The standard InChI is InChI=1S/C17H21NO3/c1-3-13(14-8-5-4-6-9-14)12-15(19)18-11-7-10-17(18,2)16(20)21/h3-6,8-9,13H,1,7,10-12H2,2H3,(H,20,21). The first-order chi connectivity index (χ1) is 9.99. The third kappa shape index (κ3) is 2.99. The number of benzene rings is 1. The van der Waals surface area contributed by atoms with Crippen molar-refractivity contribution < 1.29 is 14.7 Å². The molecule has 1 heterocycles. The van der Waals surface area contributed by atoms with E-state index in [0.29, 0.717) is 13.0 Å². The highest BCUT2D eigenvalue weighted by atomic mass is 16.4. The quantitative estimate of drug-likeness (QED) is 0.847. The van der Waals surface area contributed by atoms with E-state index in [0.717, 1.165) is 12.0 Å². The van der Waals surface area contributed by atoms with Gasteiger partial charge < -0.3 is 10.0 Å². The highest BCUT2D eigenvalue weighted by Gasteiger charge is 2.45. The van der Waals surface area contributed by atoms with Gasteiger partial charge in [-0.15, -0.1) is 6.58 Å². The average Bonchev–Trinajstić information content (AvgIpc) is 2.89. The Hall–Kier alpha value is -2.10. The predicted molar refractivity (Wildman–Crippen MR) is 81.0 cm³/mol. The molecule has 1 aliphatic rings. The van der Waals surface area contributed by atoms with E-state index in [1.165, 1.54) is 4.90 Å². The van der Waals surface area contributed by atoms with Crippen molar-refractivity contribution in [1.29, 1.82) is 0 Å². The number of likely N-dealkylation sites (tertiary alicyclic amines) is 1. The van der Waals surface area contributed by atoms with Crippen LogP contribution in [-0.4, -0.2) is 34.0 Å². The summed E-state index contributed by atoms with van der Waals surface area (Å²) in [5.41, 5.74) is -0.0449. The highest BCUT2D eigenvalue weighted by molar-refractivity contribution is 5.87. The zero-order valence-electron chi connectivity index (χ0n) is 12.3. The van der Waals surface area contributed by atoms with Crippen molar-refractivity contribution >= 4 is 11.9 Å². The molecule has 0 spiro atoms. The first-order valence-corrected chi connectivity index (χ1v) is 7.20. The van der Waals surface area contributed by atoms with Gasteiger partial charge in [-0.2, -0.15) is 0 Å². The zero-order chi connectivity index (χ0) is 15.5. The predicted octanol–water partition coefficient (Wildman–Crippen LogP) is 2.81. The summed E-state index contributed by atoms with van der Waals surface area (Å²) < 4.78 is 0. The van der Waals surface area contributed by atoms with Gasteiger partial charge in [-0.1, -0.05) is 36.4 Å². The molecule has 1 aliphatic heterocycles. The number of nitrogens with zero attached hydrogens (tertiary/aromatic N) is 1. The molecule has 0 radical (unpaired) electrons. The molecule has 0 aromatic heterocycles. The topological polar surface area (TPSA) is 57.6 Å². The van der Waals surface area contributed by atoms with Crippen molar-refractivity contribution in [3.63, 3.8) is 0 Å². The van der Waals surface area contributed by atoms with E-state index in [4.69, 9.17) is 0 Å². The van der Waals surface area contributed by atoms with Crippen molar-refractivity contribution in [2.45, 2.75) is 37.6 Å². The zero-order valence-corrected chi connectivity index (χ0v) is 12.3. The Kier molecular flexibility index (Phi) is 4.46. The van der Waals surface area contributed by atoms with Gasteiger partial charge in [-0.25, -0.2) is 4.79 Å². The molecule has 1 fully saturated rings. The van der Waals surface area contributed by atoms with Crippen LogP contribution in [0.5, 0.6) is 0 Å². The molecule has 2 unspecified atom stereocenters. The Labute approximate surface area is 125 Å². The Morgan fingerprint density at radius 1 is 1.43 bits per heavy atom. The number of carbonyl (C=O) groups excluding carboxylic acids is 1. The Bertz CT molecular complexity index is 540. The van der Waals surface area contributed by atoms with Crippen molar-refractivity contribution in [1.82, 2.24) is 4.90 Å². The average molecular weight is 287 g/mol. The van der Waals surface area contributed by atoms with Gasteiger partial charge in [-0.05, 0) is 25.3 Å². The molecule has 1 amide bonds. The van der Waals surface area contributed by atoms with Crippen LogP contribution in [0.1, 0.15) is 37.7 Å². The maximum absolute atomic E-state index is 12.5. The summed E-state index contributed by atoms with van der Waals surface area (Å²) in [6.07, 6.45) is 3.26. The molecule has 0 aliphatic carbocycles. The fraction of sp³-hybridized carbons (Fsp3) is 0.412. The van der Waals surface area contributed by atoms with Crippen LogP contribution in [0.3, 0.4) is 0 Å². The van der Waals surface area contributed by atoms with Gasteiger partial charge in [0.05, 0.1) is 0 Å². The second-order valence-corrected chi connectivity index (χ2v) is 5.68. The van der Waals surface area contributed by atoms with Crippen LogP contribution < -0.4 is 0 Å². The van der Waals surface area contributed by atoms with E-state index < -0.39 is 11.5 Å². The molecule has 1 aromatic rings. The maximum Gasteiger partial charge on any atom is 0.329 e. The Morgan fingerprint density at radius 2 is 2.10 bits per heavy atom. The SMILES string of the molecule is C=CC(CC(=O)N1CCCC1(C)C(=O)O)c1ccccc1. The van der Waals surface area contributed by atoms with Crippen LogP contribution >= 0.6 is 0 Å². The third-order valence-electron chi connectivity index (χ3n) is 4.31. The lowest BCUT2D eigenvalue weighted by Crippen LogP contribution is -2.51. The van der Waals surface area contributed by atoms with Gasteiger partial charge in [0, 0.05) is 18.9 Å². The second-order valence-electron chi connectivity index (χ2n) is 5.68. The second kappa shape index (κ2) is 6.12. The first-order valence-electron chi connectivity index (χ1n) is 7.20. The van der Waals surface area contributed by atoms with Gasteiger partial charge in [0.25, 0.3) is 0 Å². The van der Waals surface area contributed by atoms with Gasteiger partial charge in [0.2, 0.25) is 5.91 Å². The van der Waals surface area contributed by atoms with Gasteiger partial charge in [0.15, 0.2) is 0 Å². The lowest BCUT2D eigenvalue weighted by molar-refractivity contribution is -0.155. The molecule has 4 heteroatoms. The molecule has 1 aromatic carbocycles. The summed E-state index contributed by atoms with van der Waals surface area (Å²) in [4.78, 5) is 25.5. The largest absolute Gasteiger partial charge is 0.480 e. The van der Waals surface area contributed by atoms with Crippen molar-refractivity contribution in [3.8, 4) is 0 Å². The number of carbonyl (C=O) groups is 2. The smallest absolute Gasteiger partial charge is 0.329 e. The van der Waals surface area contributed by atoms with Crippen LogP contribution in [-0.2, 0) is 9.59 Å². The van der Waals surface area contributed by atoms with E-state index in [9.17, 15) is 14.7 Å². The number of hydrogen-bond donors (Lipinski definition) is 1. The molecule has 2 rings (SSSR count). The van der Waals surface area contributed by atoms with Gasteiger partial charge in [0.1, 0.15) is 5.54 Å². The number of carboxylic acid groups (broad SMARTS) is 1. The van der Waals surface area contributed by atoms with E-state index in [-0.39, 0.29) is 18.2 Å². The molecule has 112 valence electrons.